The first-order chi connectivity index (χ1) is 19.4. The largest absolute Gasteiger partial charge is 0.450 e. The Hall–Kier alpha value is -3.41. The summed E-state index contributed by atoms with van der Waals surface area (Å²) in [7, 11) is -3.88. The van der Waals surface area contributed by atoms with Crippen LogP contribution in [0.25, 0.3) is 22.1 Å². The van der Waals surface area contributed by atoms with Gasteiger partial charge in [-0.15, -0.1) is 0 Å². The van der Waals surface area contributed by atoms with Crippen molar-refractivity contribution in [3.05, 3.63) is 87.6 Å². The fourth-order valence-corrected chi connectivity index (χ4v) is 5.79. The smallest absolute Gasteiger partial charge is 0.253 e. The van der Waals surface area contributed by atoms with Crippen molar-refractivity contribution in [3.63, 3.8) is 0 Å². The lowest BCUT2D eigenvalue weighted by Gasteiger charge is -2.24. The van der Waals surface area contributed by atoms with E-state index in [1.807, 2.05) is 12.1 Å². The molecule has 1 atom stereocenters. The molecule has 216 valence electrons. The minimum Gasteiger partial charge on any atom is -0.450 e. The molecule has 3 aromatic carbocycles. The molecule has 4 rings (SSSR count). The second-order valence-corrected chi connectivity index (χ2v) is 12.5. The highest BCUT2D eigenvalue weighted by Gasteiger charge is 2.28. The molecule has 0 aliphatic heterocycles. The molecule has 12 heteroatoms. The molecule has 1 heterocycles. The van der Waals surface area contributed by atoms with E-state index in [9.17, 15) is 18.0 Å². The Morgan fingerprint density at radius 2 is 1.73 bits per heavy atom. The third-order valence-electron chi connectivity index (χ3n) is 6.63. The van der Waals surface area contributed by atoms with Crippen molar-refractivity contribution in [3.8, 4) is 11.1 Å². The van der Waals surface area contributed by atoms with Crippen molar-refractivity contribution in [2.24, 2.45) is 11.5 Å². The lowest BCUT2D eigenvalue weighted by Crippen LogP contribution is -2.45. The van der Waals surface area contributed by atoms with Crippen LogP contribution in [0, 0.1) is 0 Å². The molecule has 0 unspecified atom stereocenters. The molecule has 0 spiro atoms. The van der Waals surface area contributed by atoms with Gasteiger partial charge < -0.3 is 21.6 Å². The molecule has 6 N–H and O–H groups in total. The molecule has 1 amide bonds. The number of rotatable bonds is 11. The summed E-state index contributed by atoms with van der Waals surface area (Å²) >= 11 is 12.2. The van der Waals surface area contributed by atoms with Crippen LogP contribution in [0.4, 0.5) is 5.69 Å². The first-order valence-electron chi connectivity index (χ1n) is 12.8. The summed E-state index contributed by atoms with van der Waals surface area (Å²) in [5.41, 5.74) is 20.6. The van der Waals surface area contributed by atoms with Crippen molar-refractivity contribution >= 4 is 61.6 Å². The van der Waals surface area contributed by atoms with E-state index >= 15 is 0 Å². The van der Waals surface area contributed by atoms with Gasteiger partial charge in [-0.25, -0.2) is 12.7 Å². The summed E-state index contributed by atoms with van der Waals surface area (Å²) in [6.07, 6.45) is 2.63. The number of hydrogen-bond donors (Lipinski definition) is 3. The maximum absolute atomic E-state index is 13.1. The molecule has 0 saturated carbocycles. The number of anilines is 1. The molecule has 0 radical (unpaired) electrons. The van der Waals surface area contributed by atoms with E-state index in [0.29, 0.717) is 47.4 Å². The summed E-state index contributed by atoms with van der Waals surface area (Å²) in [4.78, 5) is 26.1. The average molecular weight is 618 g/mol. The topological polar surface area (TPSA) is 163 Å². The zero-order chi connectivity index (χ0) is 29.9. The number of nitrogens with zero attached hydrogens (tertiary/aromatic N) is 1. The van der Waals surface area contributed by atoms with Crippen LogP contribution in [-0.2, 0) is 21.4 Å². The Balaban J connectivity index is 1.62. The second-order valence-electron chi connectivity index (χ2n) is 9.71. The molecule has 0 bridgehead atoms. The van der Waals surface area contributed by atoms with Gasteiger partial charge in [0.2, 0.25) is 15.8 Å². The van der Waals surface area contributed by atoms with Gasteiger partial charge in [0, 0.05) is 16.0 Å². The highest BCUT2D eigenvalue weighted by atomic mass is 35.5. The van der Waals surface area contributed by atoms with E-state index in [2.05, 4.69) is 0 Å². The summed E-state index contributed by atoms with van der Waals surface area (Å²) in [6.45, 7) is 0.292. The van der Waals surface area contributed by atoms with Crippen LogP contribution in [0.15, 0.2) is 65.1 Å². The number of nitrogen functional groups attached to an aromatic ring is 1. The van der Waals surface area contributed by atoms with E-state index in [-0.39, 0.29) is 28.6 Å². The zero-order valence-electron chi connectivity index (χ0n) is 22.3. The molecule has 0 aliphatic rings. The molecule has 41 heavy (non-hydrogen) atoms. The van der Waals surface area contributed by atoms with Gasteiger partial charge in [0.15, 0.2) is 5.76 Å². The number of furan rings is 1. The fraction of sp³-hybridized carbons (Fsp3) is 0.241. The predicted molar refractivity (Wildman–Crippen MR) is 162 cm³/mol. The van der Waals surface area contributed by atoms with Crippen molar-refractivity contribution in [1.82, 2.24) is 4.31 Å². The normalized spacial score (nSPS) is 12.4. The quantitative estimate of drug-likeness (QED) is 0.157. The van der Waals surface area contributed by atoms with Crippen LogP contribution in [0.1, 0.15) is 40.9 Å². The molecule has 1 aromatic heterocycles. The Labute approximate surface area is 248 Å². The molecular formula is C29H30Cl2N4O5S. The number of halogens is 2. The fourth-order valence-electron chi connectivity index (χ4n) is 4.45. The lowest BCUT2D eigenvalue weighted by atomic mass is 10.0. The average Bonchev–Trinajstić information content (AvgIpc) is 3.26. The number of amides is 1. The van der Waals surface area contributed by atoms with Crippen LogP contribution >= 0.6 is 23.2 Å². The van der Waals surface area contributed by atoms with E-state index in [1.54, 1.807) is 36.4 Å². The van der Waals surface area contributed by atoms with E-state index in [4.69, 9.17) is 44.8 Å². The van der Waals surface area contributed by atoms with E-state index < -0.39 is 27.8 Å². The first-order valence-corrected chi connectivity index (χ1v) is 15.4. The third kappa shape index (κ3) is 6.91. The summed E-state index contributed by atoms with van der Waals surface area (Å²) < 4.78 is 31.7. The third-order valence-corrected chi connectivity index (χ3v) is 8.29. The molecule has 0 saturated heterocycles. The molecule has 9 nitrogen and oxygen atoms in total. The molecule has 0 aliphatic carbocycles. The van der Waals surface area contributed by atoms with Gasteiger partial charge in [0.05, 0.1) is 29.6 Å². The van der Waals surface area contributed by atoms with Crippen molar-refractivity contribution in [1.29, 1.82) is 0 Å². The van der Waals surface area contributed by atoms with Crippen molar-refractivity contribution in [2.45, 2.75) is 31.8 Å². The number of nitrogens with two attached hydrogens (primary N) is 3. The van der Waals surface area contributed by atoms with Crippen LogP contribution in [-0.4, -0.2) is 43.3 Å². The number of sulfonamides is 1. The van der Waals surface area contributed by atoms with E-state index in [1.165, 1.54) is 12.1 Å². The Bertz CT molecular complexity index is 1720. The van der Waals surface area contributed by atoms with Crippen LogP contribution < -0.4 is 17.2 Å². The minimum atomic E-state index is -3.88. The van der Waals surface area contributed by atoms with Gasteiger partial charge in [-0.2, -0.15) is 0 Å². The maximum atomic E-state index is 13.1. The standard InChI is InChI=1S/C29H30Cl2N4O5S/c1-41(38,39)35(29(37)24(33)7-2-3-12-32)16-17-5-4-6-18(13-17)19-8-10-22-25(14-19)40-28(26(22)34)27(36)21-11-9-20(30)15-23(21)31/h4-6,8-11,13-15,24H,2-3,7,12,16,32-34H2,1H3/t24-/m0/s1. The maximum Gasteiger partial charge on any atom is 0.253 e. The zero-order valence-corrected chi connectivity index (χ0v) is 24.6. The second kappa shape index (κ2) is 12.6. The highest BCUT2D eigenvalue weighted by molar-refractivity contribution is 7.88. The predicted octanol–water partition coefficient (Wildman–Crippen LogP) is 4.96. The highest BCUT2D eigenvalue weighted by Crippen LogP contribution is 2.35. The van der Waals surface area contributed by atoms with E-state index in [0.717, 1.165) is 21.7 Å². The number of unbranched alkanes of at least 4 members (excludes halogenated alkanes) is 1. The monoisotopic (exact) mass is 616 g/mol. The number of fused-ring (bicyclic) bond motifs is 1. The number of carbonyl (C=O) groups is 2. The number of hydrogen-bond acceptors (Lipinski definition) is 8. The van der Waals surface area contributed by atoms with Gasteiger partial charge in [0.1, 0.15) is 5.58 Å². The number of ketones is 1. The molecule has 4 aromatic rings. The van der Waals surface area contributed by atoms with Gasteiger partial charge >= 0.3 is 0 Å². The van der Waals surface area contributed by atoms with Gasteiger partial charge in [-0.1, -0.05) is 53.9 Å². The lowest BCUT2D eigenvalue weighted by molar-refractivity contribution is -0.128. The Morgan fingerprint density at radius 1 is 1.00 bits per heavy atom. The molecule has 0 fully saturated rings. The van der Waals surface area contributed by atoms with Crippen LogP contribution in [0.2, 0.25) is 10.0 Å². The van der Waals surface area contributed by atoms with Crippen molar-refractivity contribution in [2.75, 3.05) is 18.5 Å². The SMILES string of the molecule is CS(=O)(=O)N(Cc1cccc(-c2ccc3c(N)c(C(=O)c4ccc(Cl)cc4Cl)oc3c2)c1)C(=O)[C@@H](N)CCCCN. The number of benzene rings is 3. The van der Waals surface area contributed by atoms with Crippen LogP contribution in [0.3, 0.4) is 0 Å². The van der Waals surface area contributed by atoms with Gasteiger partial charge in [0.25, 0.3) is 5.91 Å². The first kappa shape index (κ1) is 30.5. The number of carbonyl (C=O) groups excluding carboxylic acids is 2. The summed E-state index contributed by atoms with van der Waals surface area (Å²) in [5.74, 6) is -1.18. The van der Waals surface area contributed by atoms with Crippen LogP contribution in [0.5, 0.6) is 0 Å². The summed E-state index contributed by atoms with van der Waals surface area (Å²) in [6, 6.07) is 16.0. The molecular weight excluding hydrogens is 587 g/mol. The Morgan fingerprint density at radius 3 is 2.41 bits per heavy atom. The minimum absolute atomic E-state index is 0.0415. The van der Waals surface area contributed by atoms with Crippen molar-refractivity contribution < 1.29 is 22.4 Å². The summed E-state index contributed by atoms with van der Waals surface area (Å²) in [5, 5.41) is 1.12. The van der Waals surface area contributed by atoms with Gasteiger partial charge in [-0.05, 0) is 72.5 Å². The van der Waals surface area contributed by atoms with Gasteiger partial charge in [-0.3, -0.25) is 9.59 Å². The Kier molecular flexibility index (Phi) is 9.41.